The lowest BCUT2D eigenvalue weighted by molar-refractivity contribution is -0.131. The molecule has 126 valence electrons. The smallest absolute Gasteiger partial charge is 0.235 e. The minimum atomic E-state index is -0.124. The van der Waals surface area contributed by atoms with Gasteiger partial charge < -0.3 is 15.5 Å². The van der Waals surface area contributed by atoms with E-state index in [2.05, 4.69) is 10.6 Å². The highest BCUT2D eigenvalue weighted by molar-refractivity contribution is 8.00. The lowest BCUT2D eigenvalue weighted by Gasteiger charge is -2.33. The number of carbonyl (C=O) groups excluding carboxylic acids is 2. The second-order valence-corrected chi connectivity index (χ2v) is 7.31. The molecule has 1 aliphatic heterocycles. The molecule has 1 fully saturated rings. The summed E-state index contributed by atoms with van der Waals surface area (Å²) in [6.45, 7) is 5.40. The van der Waals surface area contributed by atoms with Crippen LogP contribution in [0.4, 0.5) is 5.69 Å². The van der Waals surface area contributed by atoms with Crippen LogP contribution in [0.3, 0.4) is 0 Å². The van der Waals surface area contributed by atoms with E-state index in [0.717, 1.165) is 36.5 Å². The molecular formula is C17H25N3O2S. The van der Waals surface area contributed by atoms with Gasteiger partial charge in [0.15, 0.2) is 0 Å². The summed E-state index contributed by atoms with van der Waals surface area (Å²) < 4.78 is 0. The number of nitrogens with one attached hydrogen (secondary N) is 2. The molecule has 6 heteroatoms. The van der Waals surface area contributed by atoms with Gasteiger partial charge in [-0.25, -0.2) is 0 Å². The van der Waals surface area contributed by atoms with Gasteiger partial charge in [-0.15, -0.1) is 11.8 Å². The molecule has 0 spiro atoms. The van der Waals surface area contributed by atoms with Crippen LogP contribution in [0.25, 0.3) is 0 Å². The molecule has 1 atom stereocenters. The summed E-state index contributed by atoms with van der Waals surface area (Å²) in [5.74, 6) is 0.0883. The van der Waals surface area contributed by atoms with Crippen LogP contribution in [0, 0.1) is 0 Å². The average molecular weight is 335 g/mol. The molecule has 0 aliphatic carbocycles. The summed E-state index contributed by atoms with van der Waals surface area (Å²) in [5.41, 5.74) is 0.771. The van der Waals surface area contributed by atoms with Crippen LogP contribution in [0.5, 0.6) is 0 Å². The predicted octanol–water partition coefficient (Wildman–Crippen LogP) is 2.34. The van der Waals surface area contributed by atoms with Crippen molar-refractivity contribution < 1.29 is 9.59 Å². The van der Waals surface area contributed by atoms with Crippen molar-refractivity contribution in [3.05, 3.63) is 24.3 Å². The van der Waals surface area contributed by atoms with Gasteiger partial charge in [-0.3, -0.25) is 9.59 Å². The Morgan fingerprint density at radius 3 is 2.43 bits per heavy atom. The van der Waals surface area contributed by atoms with Crippen LogP contribution < -0.4 is 10.6 Å². The molecule has 23 heavy (non-hydrogen) atoms. The van der Waals surface area contributed by atoms with E-state index in [-0.39, 0.29) is 17.1 Å². The number of hydrogen-bond donors (Lipinski definition) is 2. The Kier molecular flexibility index (Phi) is 6.47. The van der Waals surface area contributed by atoms with Crippen molar-refractivity contribution in [3.8, 4) is 0 Å². The van der Waals surface area contributed by atoms with Crippen molar-refractivity contribution in [1.82, 2.24) is 10.2 Å². The normalized spacial score (nSPS) is 16.7. The van der Waals surface area contributed by atoms with Crippen LogP contribution in [0.1, 0.15) is 26.7 Å². The van der Waals surface area contributed by atoms with Crippen molar-refractivity contribution in [2.75, 3.05) is 25.5 Å². The largest absolute Gasteiger partial charge is 0.342 e. The fraction of sp³-hybridized carbons (Fsp3) is 0.529. The van der Waals surface area contributed by atoms with Gasteiger partial charge in [0.1, 0.15) is 0 Å². The Morgan fingerprint density at radius 2 is 1.87 bits per heavy atom. The Labute approximate surface area is 142 Å². The molecule has 0 bridgehead atoms. The zero-order chi connectivity index (χ0) is 16.8. The molecule has 0 radical (unpaired) electrons. The molecule has 1 heterocycles. The van der Waals surface area contributed by atoms with Crippen molar-refractivity contribution in [2.24, 2.45) is 0 Å². The number of amides is 2. The second-order valence-electron chi connectivity index (χ2n) is 5.90. The SMILES string of the molecule is CC(=O)Nc1ccc(SC(C)C(=O)N(C)C2CCNCC2)cc1. The highest BCUT2D eigenvalue weighted by Gasteiger charge is 2.25. The van der Waals surface area contributed by atoms with E-state index in [1.54, 1.807) is 11.8 Å². The molecule has 0 aromatic heterocycles. The number of carbonyl (C=O) groups is 2. The van der Waals surface area contributed by atoms with E-state index < -0.39 is 0 Å². The van der Waals surface area contributed by atoms with Crippen LogP contribution >= 0.6 is 11.8 Å². The fourth-order valence-corrected chi connectivity index (χ4v) is 3.70. The first-order valence-corrected chi connectivity index (χ1v) is 8.87. The fourth-order valence-electron chi connectivity index (χ4n) is 2.74. The number of benzene rings is 1. The topological polar surface area (TPSA) is 61.4 Å². The quantitative estimate of drug-likeness (QED) is 0.811. The van der Waals surface area contributed by atoms with E-state index in [0.29, 0.717) is 6.04 Å². The lowest BCUT2D eigenvalue weighted by Crippen LogP contribution is -2.46. The van der Waals surface area contributed by atoms with Crippen molar-refractivity contribution in [1.29, 1.82) is 0 Å². The Hall–Kier alpha value is -1.53. The third kappa shape index (κ3) is 5.25. The van der Waals surface area contributed by atoms with Gasteiger partial charge in [0, 0.05) is 30.6 Å². The molecule has 1 aromatic carbocycles. The molecule has 2 rings (SSSR count). The summed E-state index contributed by atoms with van der Waals surface area (Å²) in [7, 11) is 1.91. The minimum absolute atomic E-state index is 0.0856. The zero-order valence-electron chi connectivity index (χ0n) is 14.0. The maximum atomic E-state index is 12.6. The number of rotatable bonds is 5. The first kappa shape index (κ1) is 17.8. The van der Waals surface area contributed by atoms with Crippen LogP contribution in [-0.4, -0.2) is 48.1 Å². The molecule has 1 unspecified atom stereocenters. The summed E-state index contributed by atoms with van der Waals surface area (Å²) >= 11 is 1.55. The second kappa shape index (κ2) is 8.36. The molecule has 2 N–H and O–H groups in total. The van der Waals surface area contributed by atoms with E-state index in [9.17, 15) is 9.59 Å². The van der Waals surface area contributed by atoms with Gasteiger partial charge in [0.2, 0.25) is 11.8 Å². The minimum Gasteiger partial charge on any atom is -0.342 e. The number of nitrogens with zero attached hydrogens (tertiary/aromatic N) is 1. The summed E-state index contributed by atoms with van der Waals surface area (Å²) in [5, 5.41) is 5.94. The van der Waals surface area contributed by atoms with Crippen molar-refractivity contribution >= 4 is 29.3 Å². The number of anilines is 1. The average Bonchev–Trinajstić information content (AvgIpc) is 2.55. The first-order valence-electron chi connectivity index (χ1n) is 7.99. The van der Waals surface area contributed by atoms with Gasteiger partial charge in [0.05, 0.1) is 5.25 Å². The highest BCUT2D eigenvalue weighted by Crippen LogP contribution is 2.26. The molecule has 1 aliphatic rings. The van der Waals surface area contributed by atoms with Crippen molar-refractivity contribution in [3.63, 3.8) is 0 Å². The van der Waals surface area contributed by atoms with Crippen LogP contribution in [0.2, 0.25) is 0 Å². The molecule has 2 amide bonds. The standard InChI is InChI=1S/C17H25N3O2S/c1-12(17(22)20(3)15-8-10-18-11-9-15)23-16-6-4-14(5-7-16)19-13(2)21/h4-7,12,15,18H,8-11H2,1-3H3,(H,19,21). The number of thioether (sulfide) groups is 1. The van der Waals surface area contributed by atoms with E-state index in [1.165, 1.54) is 6.92 Å². The monoisotopic (exact) mass is 335 g/mol. The number of piperidine rings is 1. The Balaban J connectivity index is 1.90. The van der Waals surface area contributed by atoms with Gasteiger partial charge >= 0.3 is 0 Å². The van der Waals surface area contributed by atoms with E-state index in [4.69, 9.17) is 0 Å². The molecule has 1 aromatic rings. The maximum Gasteiger partial charge on any atom is 0.235 e. The molecule has 0 saturated carbocycles. The molecular weight excluding hydrogens is 310 g/mol. The zero-order valence-corrected chi connectivity index (χ0v) is 14.8. The third-order valence-electron chi connectivity index (χ3n) is 4.04. The van der Waals surface area contributed by atoms with Gasteiger partial charge in [-0.2, -0.15) is 0 Å². The highest BCUT2D eigenvalue weighted by atomic mass is 32.2. The van der Waals surface area contributed by atoms with Crippen molar-refractivity contribution in [2.45, 2.75) is 42.9 Å². The Bertz CT molecular complexity index is 541. The van der Waals surface area contributed by atoms with Crippen LogP contribution in [0.15, 0.2) is 29.2 Å². The van der Waals surface area contributed by atoms with Gasteiger partial charge in [-0.1, -0.05) is 0 Å². The molecule has 5 nitrogen and oxygen atoms in total. The summed E-state index contributed by atoms with van der Waals surface area (Å²) in [6.07, 6.45) is 2.04. The van der Waals surface area contributed by atoms with Gasteiger partial charge in [-0.05, 0) is 57.1 Å². The summed E-state index contributed by atoms with van der Waals surface area (Å²) in [4.78, 5) is 26.5. The van der Waals surface area contributed by atoms with E-state index >= 15 is 0 Å². The maximum absolute atomic E-state index is 12.6. The lowest BCUT2D eigenvalue weighted by atomic mass is 10.1. The third-order valence-corrected chi connectivity index (χ3v) is 5.14. The van der Waals surface area contributed by atoms with Crippen LogP contribution in [-0.2, 0) is 9.59 Å². The Morgan fingerprint density at radius 1 is 1.26 bits per heavy atom. The summed E-state index contributed by atoms with van der Waals surface area (Å²) in [6, 6.07) is 7.93. The van der Waals surface area contributed by atoms with E-state index in [1.807, 2.05) is 43.1 Å². The van der Waals surface area contributed by atoms with Gasteiger partial charge in [0.25, 0.3) is 0 Å². The first-order chi connectivity index (χ1) is 11.0. The predicted molar refractivity (Wildman–Crippen MR) is 94.7 cm³/mol. The molecule has 1 saturated heterocycles. The number of hydrogen-bond acceptors (Lipinski definition) is 4.